The van der Waals surface area contributed by atoms with Gasteiger partial charge in [-0.05, 0) is 66.8 Å². The number of ketones is 1. The molecule has 0 spiro atoms. The van der Waals surface area contributed by atoms with Gasteiger partial charge in [-0.2, -0.15) is 13.2 Å². The van der Waals surface area contributed by atoms with Gasteiger partial charge in [0.05, 0.1) is 0 Å². The first-order chi connectivity index (χ1) is 16.9. The van der Waals surface area contributed by atoms with Crippen LogP contribution in [-0.4, -0.2) is 15.8 Å². The Kier molecular flexibility index (Phi) is 6.80. The van der Waals surface area contributed by atoms with Gasteiger partial charge in [0, 0.05) is 36.2 Å². The van der Waals surface area contributed by atoms with Crippen LogP contribution in [0.3, 0.4) is 0 Å². The number of carbonyl (C=O) groups excluding carboxylic acids is 1. The van der Waals surface area contributed by atoms with Crippen LogP contribution in [0.1, 0.15) is 58.1 Å². The number of carbonyl (C=O) groups is 1. The number of hydrogen-bond acceptors (Lipinski definition) is 4. The van der Waals surface area contributed by atoms with E-state index < -0.39 is 17.7 Å². The van der Waals surface area contributed by atoms with Crippen LogP contribution in [0.4, 0.5) is 17.6 Å². The summed E-state index contributed by atoms with van der Waals surface area (Å²) >= 11 is 0. The summed E-state index contributed by atoms with van der Waals surface area (Å²) in [5.41, 5.74) is 2.65. The van der Waals surface area contributed by atoms with Crippen LogP contribution in [-0.2, 0) is 6.18 Å². The van der Waals surface area contributed by atoms with Crippen molar-refractivity contribution in [2.24, 2.45) is 0 Å². The molecule has 2 aromatic heterocycles. The first kappa shape index (κ1) is 25.3. The summed E-state index contributed by atoms with van der Waals surface area (Å²) in [5.74, 6) is -0.00688. The van der Waals surface area contributed by atoms with E-state index in [9.17, 15) is 22.4 Å². The molecule has 1 atom stereocenters. The monoisotopic (exact) mass is 496 g/mol. The molecule has 4 rings (SSSR count). The zero-order chi connectivity index (χ0) is 26.2. The molecular weight excluding hydrogens is 472 g/mol. The van der Waals surface area contributed by atoms with Crippen LogP contribution in [0.15, 0.2) is 59.1 Å². The summed E-state index contributed by atoms with van der Waals surface area (Å²) in [6.45, 7) is 7.01. The Labute approximate surface area is 206 Å². The third-order valence-electron chi connectivity index (χ3n) is 6.00. The predicted molar refractivity (Wildman–Crippen MR) is 128 cm³/mol. The first-order valence-corrected chi connectivity index (χ1v) is 11.3. The van der Waals surface area contributed by atoms with E-state index in [-0.39, 0.29) is 18.1 Å². The van der Waals surface area contributed by atoms with Gasteiger partial charge in [0.25, 0.3) is 0 Å². The minimum Gasteiger partial charge on any atom is -0.446 e. The fourth-order valence-corrected chi connectivity index (χ4v) is 4.11. The van der Waals surface area contributed by atoms with Crippen LogP contribution in [0.2, 0.25) is 0 Å². The zero-order valence-electron chi connectivity index (χ0n) is 20.2. The Balaban J connectivity index is 1.70. The van der Waals surface area contributed by atoms with Gasteiger partial charge >= 0.3 is 6.18 Å². The third-order valence-corrected chi connectivity index (χ3v) is 6.00. The molecule has 0 saturated heterocycles. The molecule has 0 unspecified atom stereocenters. The quantitative estimate of drug-likeness (QED) is 0.201. The molecular formula is C28H24F4N2O2. The molecule has 186 valence electrons. The summed E-state index contributed by atoms with van der Waals surface area (Å²) in [5, 5.41) is 0. The van der Waals surface area contributed by atoms with E-state index in [4.69, 9.17) is 4.42 Å². The molecule has 36 heavy (non-hydrogen) atoms. The molecule has 0 aliphatic rings. The minimum atomic E-state index is -4.53. The molecule has 0 radical (unpaired) electrons. The topological polar surface area (TPSA) is 56.0 Å². The number of benzene rings is 2. The van der Waals surface area contributed by atoms with Crippen molar-refractivity contribution in [2.45, 2.75) is 46.2 Å². The molecule has 4 nitrogen and oxygen atoms in total. The Morgan fingerprint density at radius 1 is 1.00 bits per heavy atom. The van der Waals surface area contributed by atoms with Crippen LogP contribution < -0.4 is 0 Å². The number of pyridine rings is 1. The highest BCUT2D eigenvalue weighted by Gasteiger charge is 2.32. The van der Waals surface area contributed by atoms with E-state index in [0.717, 1.165) is 17.8 Å². The lowest BCUT2D eigenvalue weighted by atomic mass is 9.91. The summed E-state index contributed by atoms with van der Waals surface area (Å²) < 4.78 is 58.9. The molecule has 4 aromatic rings. The Bertz CT molecular complexity index is 1420. The van der Waals surface area contributed by atoms with Gasteiger partial charge in [-0.1, -0.05) is 25.1 Å². The Morgan fingerprint density at radius 3 is 2.31 bits per heavy atom. The zero-order valence-corrected chi connectivity index (χ0v) is 20.2. The van der Waals surface area contributed by atoms with Crippen molar-refractivity contribution < 1.29 is 26.8 Å². The molecule has 0 aliphatic heterocycles. The van der Waals surface area contributed by atoms with E-state index in [1.807, 2.05) is 0 Å². The molecule has 0 fully saturated rings. The minimum absolute atomic E-state index is 0.0309. The lowest BCUT2D eigenvalue weighted by Crippen LogP contribution is -2.10. The Morgan fingerprint density at radius 2 is 1.72 bits per heavy atom. The average Bonchev–Trinajstić information content (AvgIpc) is 3.16. The summed E-state index contributed by atoms with van der Waals surface area (Å²) in [6.07, 6.45) is -3.35. The van der Waals surface area contributed by atoms with Crippen molar-refractivity contribution in [1.82, 2.24) is 9.97 Å². The maximum absolute atomic E-state index is 14.8. The van der Waals surface area contributed by atoms with Gasteiger partial charge in [-0.25, -0.2) is 9.37 Å². The molecule has 0 aliphatic carbocycles. The maximum atomic E-state index is 14.8. The van der Waals surface area contributed by atoms with E-state index in [1.54, 1.807) is 58.0 Å². The number of hydrogen-bond donors (Lipinski definition) is 0. The number of halogens is 4. The molecule has 8 heteroatoms. The van der Waals surface area contributed by atoms with Gasteiger partial charge < -0.3 is 4.42 Å². The van der Waals surface area contributed by atoms with Crippen LogP contribution in [0.25, 0.3) is 22.4 Å². The number of alkyl halides is 3. The highest BCUT2D eigenvalue weighted by molar-refractivity contribution is 5.99. The largest absolute Gasteiger partial charge is 0.446 e. The predicted octanol–water partition coefficient (Wildman–Crippen LogP) is 7.86. The summed E-state index contributed by atoms with van der Waals surface area (Å²) in [6, 6.07) is 12.2. The molecule has 2 heterocycles. The molecule has 0 amide bonds. The second-order valence-electron chi connectivity index (χ2n) is 8.92. The lowest BCUT2D eigenvalue weighted by Gasteiger charge is -2.14. The van der Waals surface area contributed by atoms with E-state index in [0.29, 0.717) is 45.2 Å². The van der Waals surface area contributed by atoms with E-state index in [2.05, 4.69) is 9.97 Å². The summed E-state index contributed by atoms with van der Waals surface area (Å²) in [7, 11) is 0. The molecule has 2 aromatic carbocycles. The number of nitrogens with zero attached hydrogens (tertiary/aromatic N) is 2. The smallest absolute Gasteiger partial charge is 0.433 e. The second kappa shape index (κ2) is 9.68. The number of aryl methyl sites for hydroxylation is 3. The van der Waals surface area contributed by atoms with Gasteiger partial charge in [0.1, 0.15) is 23.0 Å². The normalized spacial score (nSPS) is 12.6. The highest BCUT2D eigenvalue weighted by atomic mass is 19.4. The van der Waals surface area contributed by atoms with Crippen molar-refractivity contribution >= 4 is 5.78 Å². The SMILES string of the molecule is Cc1ccc(-c2cc(C(=O)C[C@H](C)c3ccc(C(F)(F)F)nc3)cc(-c3nc(C)oc3C)c2)c(F)c1. The third kappa shape index (κ3) is 5.37. The fourth-order valence-electron chi connectivity index (χ4n) is 4.11. The van der Waals surface area contributed by atoms with Gasteiger partial charge in [0.2, 0.25) is 0 Å². The Hall–Kier alpha value is -3.81. The summed E-state index contributed by atoms with van der Waals surface area (Å²) in [4.78, 5) is 21.2. The van der Waals surface area contributed by atoms with Gasteiger partial charge in [0.15, 0.2) is 11.7 Å². The first-order valence-electron chi connectivity index (χ1n) is 11.3. The molecule has 0 N–H and O–H groups in total. The number of Topliss-reactive ketones (excluding diaryl/α,β-unsaturated/α-hetero) is 1. The highest BCUT2D eigenvalue weighted by Crippen LogP contribution is 2.33. The van der Waals surface area contributed by atoms with E-state index in [1.165, 1.54) is 12.1 Å². The van der Waals surface area contributed by atoms with Gasteiger partial charge in [-0.3, -0.25) is 9.78 Å². The molecule has 0 bridgehead atoms. The van der Waals surface area contributed by atoms with Crippen molar-refractivity contribution in [3.05, 3.63) is 94.6 Å². The van der Waals surface area contributed by atoms with Crippen LogP contribution in [0.5, 0.6) is 0 Å². The van der Waals surface area contributed by atoms with Crippen molar-refractivity contribution in [1.29, 1.82) is 0 Å². The van der Waals surface area contributed by atoms with E-state index >= 15 is 0 Å². The average molecular weight is 497 g/mol. The van der Waals surface area contributed by atoms with Crippen molar-refractivity contribution in [3.8, 4) is 22.4 Å². The fraction of sp³-hybridized carbons (Fsp3) is 0.250. The van der Waals surface area contributed by atoms with Gasteiger partial charge in [-0.15, -0.1) is 0 Å². The van der Waals surface area contributed by atoms with Crippen LogP contribution in [0, 0.1) is 26.6 Å². The standard InChI is InChI=1S/C28H24F4N2O2/c1-15-5-7-23(24(29)9-15)20-11-21(13-22(12-20)27-17(3)36-18(4)34-27)25(35)10-16(2)19-6-8-26(33-14-19)28(30,31)32/h5-9,11-14,16H,10H2,1-4H3/t16-/m0/s1. The second-order valence-corrected chi connectivity index (χ2v) is 8.92. The maximum Gasteiger partial charge on any atom is 0.433 e. The lowest BCUT2D eigenvalue weighted by molar-refractivity contribution is -0.141. The number of rotatable bonds is 6. The van der Waals surface area contributed by atoms with Crippen molar-refractivity contribution in [3.63, 3.8) is 0 Å². The number of oxazole rings is 1. The molecule has 0 saturated carbocycles. The number of aromatic nitrogens is 2. The van der Waals surface area contributed by atoms with Crippen molar-refractivity contribution in [2.75, 3.05) is 0 Å². The van der Waals surface area contributed by atoms with Crippen LogP contribution >= 0.6 is 0 Å².